The van der Waals surface area contributed by atoms with Crippen LogP contribution in [-0.4, -0.2) is 25.0 Å². The summed E-state index contributed by atoms with van der Waals surface area (Å²) in [7, 11) is 0. The van der Waals surface area contributed by atoms with E-state index in [9.17, 15) is 9.59 Å². The molecule has 20 heavy (non-hydrogen) atoms. The van der Waals surface area contributed by atoms with Gasteiger partial charge in [0.05, 0.1) is 0 Å². The van der Waals surface area contributed by atoms with Crippen LogP contribution in [0, 0.1) is 6.92 Å². The van der Waals surface area contributed by atoms with E-state index in [-0.39, 0.29) is 12.5 Å². The zero-order valence-corrected chi connectivity index (χ0v) is 12.7. The first-order chi connectivity index (χ1) is 9.65. The molecule has 0 atom stereocenters. The molecule has 0 saturated carbocycles. The van der Waals surface area contributed by atoms with Crippen molar-refractivity contribution in [3.63, 3.8) is 0 Å². The van der Waals surface area contributed by atoms with Gasteiger partial charge in [-0.3, -0.25) is 4.79 Å². The van der Waals surface area contributed by atoms with Gasteiger partial charge in [0.15, 0.2) is 6.61 Å². The Balaban J connectivity index is 1.66. The number of esters is 1. The molecule has 0 aliphatic carbocycles. The zero-order valence-electron chi connectivity index (χ0n) is 11.0. The summed E-state index contributed by atoms with van der Waals surface area (Å²) in [5.74, 6) is -0.723. The van der Waals surface area contributed by atoms with Gasteiger partial charge in [0.2, 0.25) is 0 Å². The van der Waals surface area contributed by atoms with Gasteiger partial charge < -0.3 is 10.1 Å². The average Bonchev–Trinajstić information content (AvgIpc) is 3.07. The standard InChI is InChI=1S/C14H15NO3S2/c1-10-4-5-12(20-10)14(17)18-9-13(16)15-7-6-11-3-2-8-19-11/h2-5,8H,6-7,9H2,1H3,(H,15,16). The van der Waals surface area contributed by atoms with Crippen molar-refractivity contribution in [2.45, 2.75) is 13.3 Å². The van der Waals surface area contributed by atoms with Gasteiger partial charge in [0.1, 0.15) is 4.88 Å². The van der Waals surface area contributed by atoms with E-state index in [0.717, 1.165) is 11.3 Å². The second-order valence-electron chi connectivity index (χ2n) is 4.17. The van der Waals surface area contributed by atoms with Gasteiger partial charge in [0.25, 0.3) is 5.91 Å². The predicted molar refractivity (Wildman–Crippen MR) is 80.4 cm³/mol. The van der Waals surface area contributed by atoms with Crippen LogP contribution in [0.25, 0.3) is 0 Å². The van der Waals surface area contributed by atoms with Crippen molar-refractivity contribution >= 4 is 34.6 Å². The maximum Gasteiger partial charge on any atom is 0.348 e. The third-order valence-electron chi connectivity index (χ3n) is 2.55. The molecule has 0 aliphatic heterocycles. The summed E-state index contributed by atoms with van der Waals surface area (Å²) in [5, 5.41) is 4.73. The highest BCUT2D eigenvalue weighted by atomic mass is 32.1. The number of amides is 1. The molecule has 2 heterocycles. The van der Waals surface area contributed by atoms with Crippen LogP contribution in [-0.2, 0) is 16.0 Å². The highest BCUT2D eigenvalue weighted by Gasteiger charge is 2.11. The highest BCUT2D eigenvalue weighted by Crippen LogP contribution is 2.15. The van der Waals surface area contributed by atoms with Gasteiger partial charge in [-0.25, -0.2) is 4.79 Å². The fourth-order valence-corrected chi connectivity index (χ4v) is 3.05. The van der Waals surface area contributed by atoms with E-state index >= 15 is 0 Å². The van der Waals surface area contributed by atoms with Crippen molar-refractivity contribution in [2.24, 2.45) is 0 Å². The first-order valence-corrected chi connectivity index (χ1v) is 7.87. The lowest BCUT2D eigenvalue weighted by atomic mass is 10.3. The molecule has 0 fully saturated rings. The van der Waals surface area contributed by atoms with Gasteiger partial charge >= 0.3 is 5.97 Å². The number of carbonyl (C=O) groups excluding carboxylic acids is 2. The molecule has 0 spiro atoms. The third-order valence-corrected chi connectivity index (χ3v) is 4.47. The molecule has 106 valence electrons. The summed E-state index contributed by atoms with van der Waals surface area (Å²) >= 11 is 3.02. The molecule has 0 radical (unpaired) electrons. The summed E-state index contributed by atoms with van der Waals surface area (Å²) in [6, 6.07) is 7.56. The van der Waals surface area contributed by atoms with Gasteiger partial charge in [-0.05, 0) is 36.9 Å². The Morgan fingerprint density at radius 1 is 1.30 bits per heavy atom. The van der Waals surface area contributed by atoms with Gasteiger partial charge in [-0.2, -0.15) is 0 Å². The van der Waals surface area contributed by atoms with Gasteiger partial charge in [-0.1, -0.05) is 6.07 Å². The van der Waals surface area contributed by atoms with Crippen molar-refractivity contribution in [1.29, 1.82) is 0 Å². The number of aryl methyl sites for hydroxylation is 1. The molecule has 2 aromatic heterocycles. The van der Waals surface area contributed by atoms with E-state index in [2.05, 4.69) is 5.32 Å². The van der Waals surface area contributed by atoms with E-state index in [1.54, 1.807) is 17.4 Å². The van der Waals surface area contributed by atoms with Crippen molar-refractivity contribution in [2.75, 3.05) is 13.2 Å². The monoisotopic (exact) mass is 309 g/mol. The Kier molecular flexibility index (Phi) is 5.31. The molecule has 0 unspecified atom stereocenters. The second kappa shape index (κ2) is 7.21. The largest absolute Gasteiger partial charge is 0.451 e. The second-order valence-corrected chi connectivity index (χ2v) is 6.49. The Labute approximate surface area is 125 Å². The highest BCUT2D eigenvalue weighted by molar-refractivity contribution is 7.13. The average molecular weight is 309 g/mol. The molecule has 6 heteroatoms. The lowest BCUT2D eigenvalue weighted by Gasteiger charge is -2.05. The van der Waals surface area contributed by atoms with Crippen molar-refractivity contribution in [1.82, 2.24) is 5.32 Å². The van der Waals surface area contributed by atoms with Crippen LogP contribution >= 0.6 is 22.7 Å². The Bertz CT molecular complexity index is 575. The smallest absolute Gasteiger partial charge is 0.348 e. The number of carbonyl (C=O) groups is 2. The third kappa shape index (κ3) is 4.47. The quantitative estimate of drug-likeness (QED) is 0.835. The Hall–Kier alpha value is -1.66. The predicted octanol–water partition coefficient (Wildman–Crippen LogP) is 2.63. The molecule has 2 aromatic rings. The number of hydrogen-bond acceptors (Lipinski definition) is 5. The molecule has 0 aliphatic rings. The topological polar surface area (TPSA) is 55.4 Å². The van der Waals surface area contributed by atoms with Crippen molar-refractivity contribution in [3.8, 4) is 0 Å². The first-order valence-electron chi connectivity index (χ1n) is 6.18. The summed E-state index contributed by atoms with van der Waals surface area (Å²) in [4.78, 5) is 25.9. The number of rotatable bonds is 6. The summed E-state index contributed by atoms with van der Waals surface area (Å²) in [5.41, 5.74) is 0. The van der Waals surface area contributed by atoms with E-state index in [0.29, 0.717) is 11.4 Å². The van der Waals surface area contributed by atoms with Crippen LogP contribution in [0.2, 0.25) is 0 Å². The molecule has 1 amide bonds. The van der Waals surface area contributed by atoms with E-state index in [4.69, 9.17) is 4.74 Å². The van der Waals surface area contributed by atoms with Gasteiger partial charge in [0, 0.05) is 16.3 Å². The maximum atomic E-state index is 11.6. The van der Waals surface area contributed by atoms with Crippen LogP contribution in [0.15, 0.2) is 29.6 Å². The zero-order chi connectivity index (χ0) is 14.4. The molecule has 2 rings (SSSR count). The lowest BCUT2D eigenvalue weighted by Crippen LogP contribution is -2.30. The molecule has 0 saturated heterocycles. The van der Waals surface area contributed by atoms with Crippen LogP contribution in [0.1, 0.15) is 19.4 Å². The normalized spacial score (nSPS) is 10.2. The molecule has 1 N–H and O–H groups in total. The maximum absolute atomic E-state index is 11.6. The summed E-state index contributed by atoms with van der Waals surface area (Å²) in [6.45, 7) is 2.23. The minimum absolute atomic E-state index is 0.236. The van der Waals surface area contributed by atoms with E-state index in [1.807, 2.05) is 30.5 Å². The molecule has 0 bridgehead atoms. The number of ether oxygens (including phenoxy) is 1. The molecule has 4 nitrogen and oxygen atoms in total. The molecular formula is C14H15NO3S2. The fraction of sp³-hybridized carbons (Fsp3) is 0.286. The summed E-state index contributed by atoms with van der Waals surface area (Å²) < 4.78 is 4.95. The van der Waals surface area contributed by atoms with E-state index in [1.165, 1.54) is 16.2 Å². The van der Waals surface area contributed by atoms with Crippen molar-refractivity contribution < 1.29 is 14.3 Å². The van der Waals surface area contributed by atoms with E-state index < -0.39 is 5.97 Å². The van der Waals surface area contributed by atoms with Crippen LogP contribution in [0.5, 0.6) is 0 Å². The van der Waals surface area contributed by atoms with Crippen molar-refractivity contribution in [3.05, 3.63) is 44.3 Å². The van der Waals surface area contributed by atoms with Gasteiger partial charge in [-0.15, -0.1) is 22.7 Å². The first kappa shape index (κ1) is 14.7. The number of hydrogen-bond donors (Lipinski definition) is 1. The number of nitrogens with one attached hydrogen (secondary N) is 1. The lowest BCUT2D eigenvalue weighted by molar-refractivity contribution is -0.124. The van der Waals surface area contributed by atoms with Crippen LogP contribution < -0.4 is 5.32 Å². The number of thiophene rings is 2. The summed E-state index contributed by atoms with van der Waals surface area (Å²) in [6.07, 6.45) is 0.793. The van der Waals surface area contributed by atoms with Crippen LogP contribution in [0.3, 0.4) is 0 Å². The Morgan fingerprint density at radius 2 is 2.15 bits per heavy atom. The molecular weight excluding hydrogens is 294 g/mol. The molecule has 0 aromatic carbocycles. The van der Waals surface area contributed by atoms with Crippen LogP contribution in [0.4, 0.5) is 0 Å². The Morgan fingerprint density at radius 3 is 2.80 bits per heavy atom. The fourth-order valence-electron chi connectivity index (χ4n) is 1.58. The minimum Gasteiger partial charge on any atom is -0.451 e. The minimum atomic E-state index is -0.448. The SMILES string of the molecule is Cc1ccc(C(=O)OCC(=O)NCCc2cccs2)s1.